The van der Waals surface area contributed by atoms with Gasteiger partial charge in [-0.05, 0) is 27.7 Å². The van der Waals surface area contributed by atoms with E-state index in [0.29, 0.717) is 0 Å². The molecule has 0 heterocycles. The molecule has 2 atom stereocenters. The third-order valence-electron chi connectivity index (χ3n) is 1.66. The minimum absolute atomic E-state index is 0. The second-order valence-corrected chi connectivity index (χ2v) is 3.32. The first kappa shape index (κ1) is 16.1. The monoisotopic (exact) mass is 218 g/mol. The lowest BCUT2D eigenvalue weighted by Crippen LogP contribution is -2.35. The molecule has 0 saturated carbocycles. The van der Waals surface area contributed by atoms with Gasteiger partial charge in [0.1, 0.15) is 11.7 Å². The predicted molar refractivity (Wildman–Crippen MR) is 57.4 cm³/mol. The number of carboxylic acid groups (broad SMARTS) is 1. The van der Waals surface area contributed by atoms with Crippen LogP contribution in [0.25, 0.3) is 0 Å². The van der Waals surface area contributed by atoms with Gasteiger partial charge in [-0.3, -0.25) is 9.59 Å². The zero-order chi connectivity index (χ0) is 10.6. The first-order chi connectivity index (χ1) is 5.86. The van der Waals surface area contributed by atoms with Crippen molar-refractivity contribution in [1.29, 1.82) is 0 Å². The Bertz CT molecular complexity index is 189. The molecule has 0 aliphatic heterocycles. The third-order valence-corrected chi connectivity index (χ3v) is 1.66. The molecule has 2 unspecified atom stereocenters. The molecule has 0 aliphatic carbocycles. The van der Waals surface area contributed by atoms with Crippen LogP contribution >= 0.6 is 0 Å². The van der Waals surface area contributed by atoms with Gasteiger partial charge in [0.15, 0.2) is 17.4 Å². The highest BCUT2D eigenvalue weighted by molar-refractivity contribution is 5.97. The van der Waals surface area contributed by atoms with Gasteiger partial charge in [0.05, 0.1) is 12.2 Å². The zero-order valence-electron chi connectivity index (χ0n) is 8.40. The second kappa shape index (κ2) is 6.99. The van der Waals surface area contributed by atoms with Gasteiger partial charge in [-0.1, -0.05) is 0 Å². The largest absolute Gasteiger partial charge is 0.481 e. The van der Waals surface area contributed by atoms with E-state index < -0.39 is 18.0 Å². The van der Waals surface area contributed by atoms with Crippen molar-refractivity contribution >= 4 is 29.1 Å². The number of ketones is 1. The minimum atomic E-state index is -1.12. The Morgan fingerprint density at radius 3 is 1.86 bits per heavy atom. The summed E-state index contributed by atoms with van der Waals surface area (Å²) in [6.45, 7) is 6.46. The lowest BCUT2D eigenvalue weighted by Gasteiger charge is -2.20. The molecule has 1 N–H and O–H groups in total. The molecule has 0 radical (unpaired) electrons. The minimum Gasteiger partial charge on any atom is -0.481 e. The Hall–Kier alpha value is -0.368. The van der Waals surface area contributed by atoms with E-state index in [1.54, 1.807) is 20.8 Å². The van der Waals surface area contributed by atoms with Gasteiger partial charge in [-0.25, -0.2) is 0 Å². The van der Waals surface area contributed by atoms with Gasteiger partial charge < -0.3 is 9.84 Å². The van der Waals surface area contributed by atoms with Crippen molar-refractivity contribution in [3.63, 3.8) is 0 Å². The number of hydrogen-bond donors (Lipinski definition) is 1. The number of hydrogen-bond acceptors (Lipinski definition) is 3. The fourth-order valence-corrected chi connectivity index (χ4v) is 1.21. The lowest BCUT2D eigenvalue weighted by molar-refractivity contribution is -0.153. The average molecular weight is 218 g/mol. The molecule has 5 heteroatoms. The summed E-state index contributed by atoms with van der Waals surface area (Å²) in [6, 6.07) is 0. The van der Waals surface area contributed by atoms with Crippen molar-refractivity contribution < 1.29 is 19.4 Å². The van der Waals surface area contributed by atoms with Gasteiger partial charge in [-0.15, -0.1) is 0 Å². The molecule has 0 aromatic rings. The number of carboxylic acids is 1. The summed E-state index contributed by atoms with van der Waals surface area (Å²) in [5.74, 6) is -2.55. The SMILES string of the molecule is CC(=O)C(C(=O)O)C(C)OC(C)C.[AlH3]. The topological polar surface area (TPSA) is 63.6 Å². The summed E-state index contributed by atoms with van der Waals surface area (Å²) >= 11 is 0. The van der Waals surface area contributed by atoms with Gasteiger partial charge in [0, 0.05) is 0 Å². The molecule has 82 valence electrons. The van der Waals surface area contributed by atoms with Crippen molar-refractivity contribution in [3.05, 3.63) is 0 Å². The van der Waals surface area contributed by atoms with Crippen LogP contribution in [0.3, 0.4) is 0 Å². The summed E-state index contributed by atoms with van der Waals surface area (Å²) in [4.78, 5) is 21.6. The van der Waals surface area contributed by atoms with Crippen LogP contribution in [-0.2, 0) is 14.3 Å². The molecular formula is C9H19AlO4. The molecule has 0 spiro atoms. The van der Waals surface area contributed by atoms with E-state index in [9.17, 15) is 9.59 Å². The van der Waals surface area contributed by atoms with E-state index in [0.717, 1.165) is 0 Å². The molecular weight excluding hydrogens is 199 g/mol. The molecule has 0 fully saturated rings. The first-order valence-corrected chi connectivity index (χ1v) is 4.25. The number of aliphatic carboxylic acids is 1. The van der Waals surface area contributed by atoms with Crippen molar-refractivity contribution in [2.45, 2.75) is 39.9 Å². The van der Waals surface area contributed by atoms with E-state index in [4.69, 9.17) is 9.84 Å². The summed E-state index contributed by atoms with van der Waals surface area (Å²) < 4.78 is 5.23. The van der Waals surface area contributed by atoms with Crippen LogP contribution in [0.15, 0.2) is 0 Å². The first-order valence-electron chi connectivity index (χ1n) is 4.25. The molecule has 0 rings (SSSR count). The molecule has 0 amide bonds. The Morgan fingerprint density at radius 1 is 1.21 bits per heavy atom. The van der Waals surface area contributed by atoms with Crippen LogP contribution in [0.1, 0.15) is 27.7 Å². The summed E-state index contributed by atoms with van der Waals surface area (Å²) in [6.07, 6.45) is -0.647. The van der Waals surface area contributed by atoms with Crippen LogP contribution in [0, 0.1) is 5.92 Å². The van der Waals surface area contributed by atoms with Gasteiger partial charge in [0.25, 0.3) is 0 Å². The normalized spacial score (nSPS) is 14.4. The number of carbonyl (C=O) groups excluding carboxylic acids is 1. The van der Waals surface area contributed by atoms with Crippen molar-refractivity contribution in [2.24, 2.45) is 5.92 Å². The summed E-state index contributed by atoms with van der Waals surface area (Å²) in [5.41, 5.74) is 0. The number of Topliss-reactive ketones (excluding diaryl/α,β-unsaturated/α-hetero) is 1. The standard InChI is InChI=1S/C9H16O4.Al.3H/c1-5(2)13-7(4)8(6(3)10)9(11)12;;;;/h5,7-8H,1-4H3,(H,11,12);;;;. The third kappa shape index (κ3) is 5.38. The van der Waals surface area contributed by atoms with E-state index in [-0.39, 0.29) is 29.2 Å². The van der Waals surface area contributed by atoms with Crippen LogP contribution in [-0.4, -0.2) is 46.4 Å². The van der Waals surface area contributed by atoms with Gasteiger partial charge >= 0.3 is 5.97 Å². The van der Waals surface area contributed by atoms with Crippen LogP contribution in [0.2, 0.25) is 0 Å². The predicted octanol–water partition coefficient (Wildman–Crippen LogP) is -0.0942. The molecule has 0 aliphatic rings. The Kier molecular flexibility index (Phi) is 8.03. The fraction of sp³-hybridized carbons (Fsp3) is 0.778. The van der Waals surface area contributed by atoms with E-state index in [2.05, 4.69) is 0 Å². The van der Waals surface area contributed by atoms with Gasteiger partial charge in [0.2, 0.25) is 0 Å². The highest BCUT2D eigenvalue weighted by Gasteiger charge is 2.30. The Morgan fingerprint density at radius 2 is 1.64 bits per heavy atom. The van der Waals surface area contributed by atoms with Crippen molar-refractivity contribution in [3.8, 4) is 0 Å². The van der Waals surface area contributed by atoms with Crippen molar-refractivity contribution in [2.75, 3.05) is 0 Å². The molecule has 0 aromatic heterocycles. The summed E-state index contributed by atoms with van der Waals surface area (Å²) in [5, 5.41) is 8.73. The Balaban J connectivity index is 0. The highest BCUT2D eigenvalue weighted by Crippen LogP contribution is 2.11. The van der Waals surface area contributed by atoms with E-state index in [1.807, 2.05) is 0 Å². The van der Waals surface area contributed by atoms with Gasteiger partial charge in [-0.2, -0.15) is 0 Å². The second-order valence-electron chi connectivity index (χ2n) is 3.32. The van der Waals surface area contributed by atoms with E-state index >= 15 is 0 Å². The fourth-order valence-electron chi connectivity index (χ4n) is 1.21. The quantitative estimate of drug-likeness (QED) is 0.517. The van der Waals surface area contributed by atoms with Crippen LogP contribution in [0.4, 0.5) is 0 Å². The van der Waals surface area contributed by atoms with Crippen LogP contribution in [0.5, 0.6) is 0 Å². The van der Waals surface area contributed by atoms with Crippen molar-refractivity contribution in [1.82, 2.24) is 0 Å². The van der Waals surface area contributed by atoms with E-state index in [1.165, 1.54) is 6.92 Å². The maximum Gasteiger partial charge on any atom is 0.316 e. The number of rotatable bonds is 5. The average Bonchev–Trinajstić information content (AvgIpc) is 1.81. The molecule has 0 saturated heterocycles. The molecule has 14 heavy (non-hydrogen) atoms. The zero-order valence-corrected chi connectivity index (χ0v) is 8.40. The number of ether oxygens (including phenoxy) is 1. The molecule has 4 nitrogen and oxygen atoms in total. The number of carbonyl (C=O) groups is 2. The molecule has 0 aromatic carbocycles. The Labute approximate surface area is 94.8 Å². The maximum atomic E-state index is 10.9. The molecule has 0 bridgehead atoms. The summed E-state index contributed by atoms with van der Waals surface area (Å²) in [7, 11) is 0. The smallest absolute Gasteiger partial charge is 0.316 e. The lowest BCUT2D eigenvalue weighted by atomic mass is 9.99. The maximum absolute atomic E-state index is 10.9. The highest BCUT2D eigenvalue weighted by atomic mass is 27.0. The van der Waals surface area contributed by atoms with Crippen LogP contribution < -0.4 is 0 Å².